The lowest BCUT2D eigenvalue weighted by Crippen LogP contribution is -1.93. The van der Waals surface area contributed by atoms with Gasteiger partial charge < -0.3 is 4.74 Å². The molecule has 2 rings (SSSR count). The maximum absolute atomic E-state index is 13.1. The van der Waals surface area contributed by atoms with Crippen molar-refractivity contribution in [3.05, 3.63) is 45.5 Å². The summed E-state index contributed by atoms with van der Waals surface area (Å²) in [6.45, 7) is 1.77. The van der Waals surface area contributed by atoms with E-state index < -0.39 is 5.82 Å². The molecule has 0 aliphatic rings. The van der Waals surface area contributed by atoms with Crippen molar-refractivity contribution in [1.82, 2.24) is 9.97 Å². The third kappa shape index (κ3) is 3.38. The van der Waals surface area contributed by atoms with E-state index in [2.05, 4.69) is 25.9 Å². The van der Waals surface area contributed by atoms with Crippen molar-refractivity contribution in [3.8, 4) is 11.6 Å². The molecule has 1 aromatic carbocycles. The van der Waals surface area contributed by atoms with Crippen LogP contribution in [0.4, 0.5) is 4.39 Å². The van der Waals surface area contributed by atoms with Crippen molar-refractivity contribution < 1.29 is 9.13 Å². The minimum Gasteiger partial charge on any atom is -0.439 e. The number of hydrogen-bond acceptors (Lipinski definition) is 3. The Kier molecular flexibility index (Phi) is 3.59. The summed E-state index contributed by atoms with van der Waals surface area (Å²) in [6, 6.07) is 5.85. The van der Waals surface area contributed by atoms with Crippen molar-refractivity contribution >= 4 is 27.5 Å². The van der Waals surface area contributed by atoms with Crippen LogP contribution >= 0.6 is 27.5 Å². The van der Waals surface area contributed by atoms with Gasteiger partial charge in [-0.2, -0.15) is 4.98 Å². The minimum absolute atomic E-state index is 0.0930. The normalized spacial score (nSPS) is 10.4. The van der Waals surface area contributed by atoms with Crippen LogP contribution in [0, 0.1) is 12.7 Å². The number of rotatable bonds is 2. The highest BCUT2D eigenvalue weighted by molar-refractivity contribution is 9.10. The van der Waals surface area contributed by atoms with Gasteiger partial charge in [-0.15, -0.1) is 0 Å². The Bertz CT molecular complexity index is 475. The fourth-order valence-corrected chi connectivity index (χ4v) is 1.93. The topological polar surface area (TPSA) is 35.0 Å². The molecule has 1 aromatic heterocycles. The molecule has 0 saturated heterocycles. The first-order valence-electron chi connectivity index (χ1n) is 4.68. The van der Waals surface area contributed by atoms with Crippen LogP contribution in [0.25, 0.3) is 0 Å². The van der Waals surface area contributed by atoms with Gasteiger partial charge in [0, 0.05) is 22.3 Å². The fourth-order valence-electron chi connectivity index (χ4n) is 1.27. The number of ether oxygens (including phenoxy) is 1. The fraction of sp³-hybridized carbons (Fsp3) is 0.0909. The molecule has 17 heavy (non-hydrogen) atoms. The first-order valence-corrected chi connectivity index (χ1v) is 5.85. The zero-order valence-electron chi connectivity index (χ0n) is 8.75. The van der Waals surface area contributed by atoms with Crippen LogP contribution in [0.15, 0.2) is 28.7 Å². The van der Waals surface area contributed by atoms with Gasteiger partial charge in [-0.05, 0) is 30.7 Å². The molecule has 0 spiro atoms. The Hall–Kier alpha value is -1.20. The predicted octanol–water partition coefficient (Wildman–Crippen LogP) is 4.13. The van der Waals surface area contributed by atoms with E-state index in [4.69, 9.17) is 16.3 Å². The second-order valence-electron chi connectivity index (χ2n) is 3.32. The van der Waals surface area contributed by atoms with Crippen molar-refractivity contribution in [2.45, 2.75) is 6.92 Å². The summed E-state index contributed by atoms with van der Waals surface area (Å²) >= 11 is 8.87. The molecule has 0 unspecified atom stereocenters. The van der Waals surface area contributed by atoms with Crippen LogP contribution in [0.2, 0.25) is 5.28 Å². The van der Waals surface area contributed by atoms with Crippen LogP contribution in [-0.2, 0) is 0 Å². The van der Waals surface area contributed by atoms with E-state index >= 15 is 0 Å². The molecular weight excluding hydrogens is 310 g/mol. The minimum atomic E-state index is -0.397. The van der Waals surface area contributed by atoms with Crippen molar-refractivity contribution in [3.63, 3.8) is 0 Å². The Balaban J connectivity index is 2.31. The molecule has 0 aliphatic carbocycles. The van der Waals surface area contributed by atoms with Crippen LogP contribution in [-0.4, -0.2) is 9.97 Å². The average molecular weight is 318 g/mol. The van der Waals surface area contributed by atoms with E-state index in [0.717, 1.165) is 0 Å². The van der Waals surface area contributed by atoms with Crippen molar-refractivity contribution in [2.24, 2.45) is 0 Å². The molecule has 0 N–H and O–H groups in total. The van der Waals surface area contributed by atoms with E-state index in [9.17, 15) is 4.39 Å². The van der Waals surface area contributed by atoms with Gasteiger partial charge >= 0.3 is 0 Å². The molecule has 0 saturated carbocycles. The summed E-state index contributed by atoms with van der Waals surface area (Å²) in [7, 11) is 0. The number of benzene rings is 1. The summed E-state index contributed by atoms with van der Waals surface area (Å²) in [5.41, 5.74) is 0.676. The molecule has 88 valence electrons. The van der Waals surface area contributed by atoms with Gasteiger partial charge in [-0.3, -0.25) is 0 Å². The molecule has 0 atom stereocenters. The van der Waals surface area contributed by atoms with Gasteiger partial charge in [0.2, 0.25) is 11.2 Å². The lowest BCUT2D eigenvalue weighted by Gasteiger charge is -2.06. The van der Waals surface area contributed by atoms with Gasteiger partial charge in [0.25, 0.3) is 0 Å². The summed E-state index contributed by atoms with van der Waals surface area (Å²) in [6.07, 6.45) is 0. The molecule has 0 bridgehead atoms. The highest BCUT2D eigenvalue weighted by Gasteiger charge is 2.05. The monoisotopic (exact) mass is 316 g/mol. The summed E-state index contributed by atoms with van der Waals surface area (Å²) in [5, 5.41) is 0.0930. The van der Waals surface area contributed by atoms with Crippen molar-refractivity contribution in [2.75, 3.05) is 0 Å². The van der Waals surface area contributed by atoms with Gasteiger partial charge in [-0.1, -0.05) is 15.9 Å². The third-order valence-electron chi connectivity index (χ3n) is 1.86. The molecule has 0 amide bonds. The molecule has 1 heterocycles. The molecule has 3 nitrogen and oxygen atoms in total. The highest BCUT2D eigenvalue weighted by Crippen LogP contribution is 2.25. The Labute approximate surface area is 111 Å². The molecule has 0 fully saturated rings. The highest BCUT2D eigenvalue weighted by atomic mass is 79.9. The largest absolute Gasteiger partial charge is 0.439 e. The van der Waals surface area contributed by atoms with Crippen LogP contribution in [0.5, 0.6) is 11.6 Å². The number of hydrogen-bond donors (Lipinski definition) is 0. The van der Waals surface area contributed by atoms with Crippen LogP contribution in [0.1, 0.15) is 5.69 Å². The van der Waals surface area contributed by atoms with E-state index in [0.29, 0.717) is 15.9 Å². The second kappa shape index (κ2) is 4.98. The first kappa shape index (κ1) is 12.3. The van der Waals surface area contributed by atoms with Gasteiger partial charge in [0.1, 0.15) is 11.6 Å². The maximum Gasteiger partial charge on any atom is 0.225 e. The lowest BCUT2D eigenvalue weighted by atomic mass is 10.3. The lowest BCUT2D eigenvalue weighted by molar-refractivity contribution is 0.456. The maximum atomic E-state index is 13.1. The zero-order valence-corrected chi connectivity index (χ0v) is 11.1. The Morgan fingerprint density at radius 3 is 2.65 bits per heavy atom. The summed E-state index contributed by atoms with van der Waals surface area (Å²) in [4.78, 5) is 7.78. The smallest absolute Gasteiger partial charge is 0.225 e. The first-order chi connectivity index (χ1) is 8.02. The number of aromatic nitrogens is 2. The number of halogens is 3. The Morgan fingerprint density at radius 2 is 2.00 bits per heavy atom. The molecule has 0 aliphatic heterocycles. The SMILES string of the molecule is Cc1cc(Oc2cc(F)cc(Br)c2)nc(Cl)n1. The van der Waals surface area contributed by atoms with Gasteiger partial charge in [-0.25, -0.2) is 9.37 Å². The van der Waals surface area contributed by atoms with Crippen LogP contribution < -0.4 is 4.74 Å². The predicted molar refractivity (Wildman–Crippen MR) is 66.0 cm³/mol. The van der Waals surface area contributed by atoms with Crippen molar-refractivity contribution in [1.29, 1.82) is 0 Å². The standard InChI is InChI=1S/C11H7BrClFN2O/c1-6-2-10(16-11(13)15-6)17-9-4-7(12)3-8(14)5-9/h2-5H,1H3. The second-order valence-corrected chi connectivity index (χ2v) is 4.58. The van der Waals surface area contributed by atoms with E-state index in [1.165, 1.54) is 12.1 Å². The average Bonchev–Trinajstić information content (AvgIpc) is 2.13. The molecule has 2 aromatic rings. The van der Waals surface area contributed by atoms with E-state index in [1.54, 1.807) is 19.1 Å². The van der Waals surface area contributed by atoms with Gasteiger partial charge in [0.15, 0.2) is 0 Å². The van der Waals surface area contributed by atoms with E-state index in [-0.39, 0.29) is 11.2 Å². The molecular formula is C11H7BrClFN2O. The Morgan fingerprint density at radius 1 is 1.24 bits per heavy atom. The van der Waals surface area contributed by atoms with Gasteiger partial charge in [0.05, 0.1) is 0 Å². The third-order valence-corrected chi connectivity index (χ3v) is 2.49. The summed E-state index contributed by atoms with van der Waals surface area (Å²) < 4.78 is 19.1. The quantitative estimate of drug-likeness (QED) is 0.781. The summed E-state index contributed by atoms with van der Waals surface area (Å²) in [5.74, 6) is 0.220. The number of nitrogens with zero attached hydrogens (tertiary/aromatic N) is 2. The molecule has 0 radical (unpaired) electrons. The number of aryl methyl sites for hydroxylation is 1. The molecule has 6 heteroatoms. The zero-order chi connectivity index (χ0) is 12.4. The van der Waals surface area contributed by atoms with E-state index in [1.807, 2.05) is 0 Å². The van der Waals surface area contributed by atoms with Crippen LogP contribution in [0.3, 0.4) is 0 Å².